The zero-order chi connectivity index (χ0) is 18.4. The van der Waals surface area contributed by atoms with Crippen molar-refractivity contribution in [1.82, 2.24) is 0 Å². The first-order chi connectivity index (χ1) is 12.5. The molecule has 0 radical (unpaired) electrons. The Hall–Kier alpha value is -1.60. The molecular formula is C23H23PS2. The molecule has 3 heterocycles. The van der Waals surface area contributed by atoms with Gasteiger partial charge in [-0.15, -0.1) is 22.7 Å². The maximum absolute atomic E-state index is 2.38. The summed E-state index contributed by atoms with van der Waals surface area (Å²) in [5.41, 5.74) is 4.30. The first kappa shape index (κ1) is 17.8. The molecule has 0 nitrogen and oxygen atoms in total. The maximum Gasteiger partial charge on any atom is 0.0152 e. The zero-order valence-corrected chi connectivity index (χ0v) is 18.4. The van der Waals surface area contributed by atoms with Crippen LogP contribution in [0.2, 0.25) is 0 Å². The van der Waals surface area contributed by atoms with Crippen molar-refractivity contribution in [3.8, 4) is 22.0 Å². The van der Waals surface area contributed by atoms with E-state index >= 15 is 0 Å². The van der Waals surface area contributed by atoms with Crippen molar-refractivity contribution < 1.29 is 0 Å². The molecule has 1 atom stereocenters. The van der Waals surface area contributed by atoms with Crippen molar-refractivity contribution >= 4 is 46.0 Å². The van der Waals surface area contributed by atoms with Crippen LogP contribution < -0.4 is 0 Å². The van der Waals surface area contributed by atoms with E-state index < -0.39 is 7.53 Å². The van der Waals surface area contributed by atoms with Crippen molar-refractivity contribution in [2.75, 3.05) is 0 Å². The number of benzene rings is 1. The second kappa shape index (κ2) is 6.85. The molecule has 26 heavy (non-hydrogen) atoms. The van der Waals surface area contributed by atoms with Gasteiger partial charge in [-0.05, 0) is 74.0 Å². The van der Waals surface area contributed by atoms with Gasteiger partial charge in [0.25, 0.3) is 0 Å². The number of hydrogen-bond donors (Lipinski definition) is 0. The van der Waals surface area contributed by atoms with E-state index in [1.807, 2.05) is 22.7 Å². The number of fused-ring (bicyclic) bond motifs is 1. The van der Waals surface area contributed by atoms with Gasteiger partial charge < -0.3 is 0 Å². The van der Waals surface area contributed by atoms with Gasteiger partial charge in [-0.2, -0.15) is 0 Å². The molecule has 4 aromatic rings. The molecule has 1 aromatic carbocycles. The topological polar surface area (TPSA) is 0 Å². The van der Waals surface area contributed by atoms with Crippen LogP contribution >= 0.6 is 30.2 Å². The summed E-state index contributed by atoms with van der Waals surface area (Å²) >= 11 is 3.77. The summed E-state index contributed by atoms with van der Waals surface area (Å²) in [7, 11) is -0.463. The summed E-state index contributed by atoms with van der Waals surface area (Å²) in [6, 6.07) is 13.8. The smallest absolute Gasteiger partial charge is 0.0152 e. The van der Waals surface area contributed by atoms with Crippen molar-refractivity contribution in [2.24, 2.45) is 0 Å². The molecule has 3 heteroatoms. The van der Waals surface area contributed by atoms with Gasteiger partial charge >= 0.3 is 0 Å². The predicted octanol–water partition coefficient (Wildman–Crippen LogP) is 9.09. The van der Waals surface area contributed by atoms with E-state index in [2.05, 4.69) is 82.5 Å². The lowest BCUT2D eigenvalue weighted by atomic mass is 10.0. The molecule has 0 saturated carbocycles. The van der Waals surface area contributed by atoms with Gasteiger partial charge in [0.15, 0.2) is 0 Å². The Morgan fingerprint density at radius 3 is 2.42 bits per heavy atom. The van der Waals surface area contributed by atoms with E-state index in [9.17, 15) is 0 Å². The van der Waals surface area contributed by atoms with Crippen LogP contribution in [0, 0.1) is 20.8 Å². The fraction of sp³-hybridized carbons (Fsp3) is 0.217. The van der Waals surface area contributed by atoms with Crippen LogP contribution in [0.25, 0.3) is 37.8 Å². The van der Waals surface area contributed by atoms with Gasteiger partial charge in [0.1, 0.15) is 0 Å². The van der Waals surface area contributed by atoms with E-state index in [0.717, 1.165) is 0 Å². The Kier molecular flexibility index (Phi) is 4.69. The monoisotopic (exact) mass is 394 g/mol. The van der Waals surface area contributed by atoms with Gasteiger partial charge in [0, 0.05) is 30.6 Å². The molecule has 132 valence electrons. The number of thiophene rings is 2. The molecular weight excluding hydrogens is 371 g/mol. The molecule has 0 bridgehead atoms. The van der Waals surface area contributed by atoms with E-state index in [1.165, 1.54) is 47.1 Å². The molecule has 0 saturated heterocycles. The molecule has 4 rings (SSSR count). The highest BCUT2D eigenvalue weighted by atomic mass is 32.1. The molecule has 3 aromatic heterocycles. The van der Waals surface area contributed by atoms with Crippen LogP contribution in [0.1, 0.15) is 28.5 Å². The van der Waals surface area contributed by atoms with Gasteiger partial charge in [0.2, 0.25) is 0 Å². The van der Waals surface area contributed by atoms with Crippen LogP contribution in [0.4, 0.5) is 0 Å². The molecule has 0 amide bonds. The lowest BCUT2D eigenvalue weighted by molar-refractivity contribution is 1.59. The summed E-state index contributed by atoms with van der Waals surface area (Å²) in [6.07, 6.45) is 2.30. The van der Waals surface area contributed by atoms with Crippen molar-refractivity contribution in [3.05, 3.63) is 62.5 Å². The van der Waals surface area contributed by atoms with Crippen molar-refractivity contribution in [3.63, 3.8) is 0 Å². The maximum atomic E-state index is 2.38. The van der Waals surface area contributed by atoms with Crippen molar-refractivity contribution in [2.45, 2.75) is 34.6 Å². The zero-order valence-electron chi connectivity index (χ0n) is 15.9. The lowest BCUT2D eigenvalue weighted by Crippen LogP contribution is -1.79. The SMILES string of the molecule is C/C=C(\C)p1c(-c2csc(C)c2)c(-c2cc(C)sc2C)c2ccccc21. The van der Waals surface area contributed by atoms with Crippen LogP contribution in [0.15, 0.2) is 47.9 Å². The fourth-order valence-corrected chi connectivity index (χ4v) is 8.19. The first-order valence-corrected chi connectivity index (χ1v) is 11.9. The Bertz CT molecular complexity index is 1130. The highest BCUT2D eigenvalue weighted by Crippen LogP contribution is 2.61. The molecule has 1 unspecified atom stereocenters. The minimum atomic E-state index is -0.463. The highest BCUT2D eigenvalue weighted by Gasteiger charge is 2.23. The third-order valence-corrected chi connectivity index (χ3v) is 9.55. The molecule has 0 N–H and O–H groups in total. The summed E-state index contributed by atoms with van der Waals surface area (Å²) in [5.74, 6) is 0. The molecule has 0 aliphatic heterocycles. The third kappa shape index (κ3) is 2.81. The standard InChI is InChI=1S/C23H23PS2/c1-6-14(2)24-21-10-8-7-9-19(21)22(20-12-16(4)26-17(20)5)23(24)18-11-15(3)25-13-18/h6-13H,1-5H3/b14-6+. The van der Waals surface area contributed by atoms with Gasteiger partial charge in [-0.1, -0.05) is 37.9 Å². The largest absolute Gasteiger partial charge is 0.149 e. The summed E-state index contributed by atoms with van der Waals surface area (Å²) < 4.78 is 0. The molecule has 0 aliphatic carbocycles. The minimum Gasteiger partial charge on any atom is -0.149 e. The molecule has 0 fully saturated rings. The van der Waals surface area contributed by atoms with Crippen LogP contribution in [0.5, 0.6) is 0 Å². The van der Waals surface area contributed by atoms with E-state index in [0.29, 0.717) is 0 Å². The number of hydrogen-bond acceptors (Lipinski definition) is 2. The minimum absolute atomic E-state index is 0.463. The van der Waals surface area contributed by atoms with Crippen molar-refractivity contribution in [1.29, 1.82) is 0 Å². The molecule has 0 aliphatic rings. The third-order valence-electron chi connectivity index (χ3n) is 4.96. The van der Waals surface area contributed by atoms with Gasteiger partial charge in [-0.3, -0.25) is 0 Å². The number of allylic oxidation sites excluding steroid dienone is 2. The predicted molar refractivity (Wildman–Crippen MR) is 123 cm³/mol. The second-order valence-electron chi connectivity index (χ2n) is 6.78. The second-order valence-corrected chi connectivity index (χ2v) is 11.7. The van der Waals surface area contributed by atoms with E-state index in [4.69, 9.17) is 0 Å². The fourth-order valence-electron chi connectivity index (χ4n) is 3.73. The molecule has 0 spiro atoms. The summed E-state index contributed by atoms with van der Waals surface area (Å²) in [4.78, 5) is 4.20. The Labute approximate surface area is 164 Å². The van der Waals surface area contributed by atoms with Crippen LogP contribution in [-0.4, -0.2) is 0 Å². The van der Waals surface area contributed by atoms with E-state index in [1.54, 1.807) is 5.30 Å². The van der Waals surface area contributed by atoms with E-state index in [-0.39, 0.29) is 0 Å². The highest BCUT2D eigenvalue weighted by molar-refractivity contribution is 7.69. The van der Waals surface area contributed by atoms with Gasteiger partial charge in [0.05, 0.1) is 0 Å². The quantitative estimate of drug-likeness (QED) is 0.325. The normalized spacial score (nSPS) is 13.0. The Balaban J connectivity index is 2.21. The Morgan fingerprint density at radius 2 is 1.81 bits per heavy atom. The first-order valence-electron chi connectivity index (χ1n) is 8.91. The van der Waals surface area contributed by atoms with Crippen LogP contribution in [-0.2, 0) is 0 Å². The average Bonchev–Trinajstić information content (AvgIpc) is 3.28. The average molecular weight is 395 g/mol. The van der Waals surface area contributed by atoms with Crippen LogP contribution in [0.3, 0.4) is 0 Å². The number of rotatable bonds is 3. The Morgan fingerprint density at radius 1 is 1.04 bits per heavy atom. The lowest BCUT2D eigenvalue weighted by Gasteiger charge is -2.09. The summed E-state index contributed by atoms with van der Waals surface area (Å²) in [6.45, 7) is 11.2. The van der Waals surface area contributed by atoms with Gasteiger partial charge in [-0.25, -0.2) is 0 Å². The summed E-state index contributed by atoms with van der Waals surface area (Å²) in [5, 5.41) is 8.33. The number of aryl methyl sites for hydroxylation is 3.